The molecule has 0 spiro atoms. The van der Waals surface area contributed by atoms with Crippen LogP contribution in [-0.2, 0) is 23.9 Å². The lowest BCUT2D eigenvalue weighted by Crippen LogP contribution is -2.56. The Labute approximate surface area is 370 Å². The van der Waals surface area contributed by atoms with Crippen LogP contribution in [0.5, 0.6) is 11.5 Å². The first-order valence-corrected chi connectivity index (χ1v) is 22.8. The van der Waals surface area contributed by atoms with Gasteiger partial charge in [-0.1, -0.05) is 31.5 Å². The molecule has 3 saturated carbocycles. The number of likely N-dealkylation sites (N-methyl/N-ethyl adjacent to an activating group) is 1. The highest BCUT2D eigenvalue weighted by Crippen LogP contribution is 2.52. The number of fused-ring (bicyclic) bond motifs is 2. The number of carbonyl (C=O) groups is 4. The lowest BCUT2D eigenvalue weighted by Gasteiger charge is -2.32. The molecule has 8 rings (SSSR count). The van der Waals surface area contributed by atoms with Crippen molar-refractivity contribution in [2.24, 2.45) is 17.8 Å². The number of hydrogen-bond donors (Lipinski definition) is 4. The number of nitrogens with zero attached hydrogens (tertiary/aromatic N) is 4. The number of halogens is 1. The molecule has 0 radical (unpaired) electrons. The Bertz CT molecular complexity index is 2230. The van der Waals surface area contributed by atoms with E-state index < -0.39 is 47.6 Å². The standard InChI is InChI=1S/C44H56ClN7O9S/c1-7-26-17-44(26,41(55)56)50-39(53)33-15-29(18-52(33)40(54)37(22(2)3)49-43(57)61-28-13-24-12-25(24)14-28)60-35-16-31(32-21-62-42(48-32)46-23(4)5)47-38-30(35)8-9-34(36(38)45)59-20-27-19-58-11-10-51(27)6/h8-9,16,21,23-29,33,37H,2,7,10-15,17-20H2,1,3-6H3,(H,46,48)(H,49,57)(H,50,53)(H,55,56)/t24-,25+,26-,27-,28?,29-,33+,37+,44-/m1/s1. The highest BCUT2D eigenvalue weighted by Gasteiger charge is 2.61. The number of ether oxygens (including phenoxy) is 4. The number of nitrogens with one attached hydrogen (secondary N) is 3. The molecule has 2 aromatic heterocycles. The second-order valence-corrected chi connectivity index (χ2v) is 19.1. The first-order chi connectivity index (χ1) is 29.6. The van der Waals surface area contributed by atoms with Gasteiger partial charge in [0.15, 0.2) is 5.13 Å². The number of aliphatic carboxylic acids is 1. The molecule has 2 saturated heterocycles. The molecule has 3 aliphatic carbocycles. The van der Waals surface area contributed by atoms with Crippen LogP contribution in [-0.4, -0.2) is 131 Å². The zero-order chi connectivity index (χ0) is 44.0. The molecule has 4 heterocycles. The first-order valence-electron chi connectivity index (χ1n) is 21.6. The maximum absolute atomic E-state index is 14.6. The average molecular weight is 894 g/mol. The van der Waals surface area contributed by atoms with Gasteiger partial charge in [0, 0.05) is 35.8 Å². The summed E-state index contributed by atoms with van der Waals surface area (Å²) in [6.45, 7) is 13.8. The maximum atomic E-state index is 14.6. The number of aromatic nitrogens is 2. The van der Waals surface area contributed by atoms with Crippen LogP contribution in [0.4, 0.5) is 9.93 Å². The summed E-state index contributed by atoms with van der Waals surface area (Å²) >= 11 is 8.54. The van der Waals surface area contributed by atoms with Crippen molar-refractivity contribution in [3.05, 3.63) is 40.8 Å². The number of pyridine rings is 1. The van der Waals surface area contributed by atoms with E-state index in [1.54, 1.807) is 19.1 Å². The Morgan fingerprint density at radius 1 is 1.10 bits per heavy atom. The molecule has 2 aliphatic heterocycles. The minimum Gasteiger partial charge on any atom is -0.490 e. The van der Waals surface area contributed by atoms with Crippen LogP contribution in [0.1, 0.15) is 66.2 Å². The molecule has 1 aromatic carbocycles. The van der Waals surface area contributed by atoms with Gasteiger partial charge in [0.2, 0.25) is 11.8 Å². The molecule has 9 atom stereocenters. The zero-order valence-electron chi connectivity index (χ0n) is 35.8. The van der Waals surface area contributed by atoms with E-state index in [9.17, 15) is 24.3 Å². The van der Waals surface area contributed by atoms with E-state index in [-0.39, 0.29) is 48.5 Å². The molecule has 16 nitrogen and oxygen atoms in total. The molecule has 5 fully saturated rings. The van der Waals surface area contributed by atoms with Crippen LogP contribution < -0.4 is 25.4 Å². The van der Waals surface area contributed by atoms with Gasteiger partial charge in [0.25, 0.3) is 0 Å². The van der Waals surface area contributed by atoms with Crippen molar-refractivity contribution in [2.75, 3.05) is 45.3 Å². The fraction of sp³-hybridized carbons (Fsp3) is 0.591. The predicted octanol–water partition coefficient (Wildman–Crippen LogP) is 5.73. The van der Waals surface area contributed by atoms with Crippen molar-refractivity contribution in [1.29, 1.82) is 0 Å². The van der Waals surface area contributed by atoms with Gasteiger partial charge < -0.3 is 44.9 Å². The molecule has 334 valence electrons. The Morgan fingerprint density at radius 2 is 1.87 bits per heavy atom. The lowest BCUT2D eigenvalue weighted by atomic mass is 10.1. The van der Waals surface area contributed by atoms with Crippen molar-refractivity contribution < 1.29 is 43.2 Å². The normalized spacial score (nSPS) is 28.2. The van der Waals surface area contributed by atoms with Gasteiger partial charge >= 0.3 is 12.1 Å². The number of alkyl carbamates (subject to hydrolysis) is 1. The van der Waals surface area contributed by atoms with Crippen molar-refractivity contribution in [1.82, 2.24) is 30.4 Å². The zero-order valence-corrected chi connectivity index (χ0v) is 37.4. The number of carbonyl (C=O) groups excluding carboxylic acids is 3. The maximum Gasteiger partial charge on any atom is 0.408 e. The Balaban J connectivity index is 1.09. The van der Waals surface area contributed by atoms with Crippen LogP contribution in [0.15, 0.2) is 35.7 Å². The van der Waals surface area contributed by atoms with E-state index in [4.69, 9.17) is 40.5 Å². The van der Waals surface area contributed by atoms with Gasteiger partial charge in [-0.2, -0.15) is 0 Å². The largest absolute Gasteiger partial charge is 0.490 e. The number of thiazole rings is 1. The number of likely N-dealkylation sites (tertiary alicyclic amines) is 1. The number of benzene rings is 1. The molecular weight excluding hydrogens is 838 g/mol. The van der Waals surface area contributed by atoms with Crippen LogP contribution >= 0.6 is 22.9 Å². The highest BCUT2D eigenvalue weighted by atomic mass is 35.5. The number of anilines is 1. The molecule has 3 amide bonds. The third-order valence-corrected chi connectivity index (χ3v) is 14.1. The topological polar surface area (TPSA) is 194 Å². The van der Waals surface area contributed by atoms with Gasteiger partial charge in [-0.25, -0.2) is 19.6 Å². The van der Waals surface area contributed by atoms with E-state index in [1.807, 2.05) is 39.3 Å². The molecule has 4 N–H and O–H groups in total. The number of amides is 3. The minimum absolute atomic E-state index is 0.0203. The number of carboxylic acids is 1. The molecule has 3 aromatic rings. The fourth-order valence-corrected chi connectivity index (χ4v) is 10.2. The van der Waals surface area contributed by atoms with E-state index in [0.29, 0.717) is 82.6 Å². The van der Waals surface area contributed by atoms with Crippen molar-refractivity contribution >= 4 is 62.8 Å². The van der Waals surface area contributed by atoms with Crippen molar-refractivity contribution in [2.45, 2.75) is 108 Å². The van der Waals surface area contributed by atoms with Gasteiger partial charge in [-0.05, 0) is 89.0 Å². The highest BCUT2D eigenvalue weighted by molar-refractivity contribution is 7.14. The van der Waals surface area contributed by atoms with Gasteiger partial charge in [-0.3, -0.25) is 14.5 Å². The average Bonchev–Trinajstić information content (AvgIpc) is 3.90. The van der Waals surface area contributed by atoms with Crippen molar-refractivity contribution in [3.8, 4) is 22.9 Å². The van der Waals surface area contributed by atoms with Gasteiger partial charge in [0.05, 0.1) is 37.0 Å². The predicted molar refractivity (Wildman–Crippen MR) is 234 cm³/mol. The number of carboxylic acid groups (broad SMARTS) is 1. The van der Waals surface area contributed by atoms with Crippen LogP contribution in [0, 0.1) is 17.8 Å². The summed E-state index contributed by atoms with van der Waals surface area (Å²) in [6.07, 6.45) is 1.92. The summed E-state index contributed by atoms with van der Waals surface area (Å²) in [5.41, 5.74) is 0.381. The molecular formula is C44H56ClN7O9S. The molecule has 0 bridgehead atoms. The second kappa shape index (κ2) is 17.8. The quantitative estimate of drug-likeness (QED) is 0.128. The summed E-state index contributed by atoms with van der Waals surface area (Å²) in [7, 11) is 2.03. The van der Waals surface area contributed by atoms with Gasteiger partial charge in [0.1, 0.15) is 58.7 Å². The summed E-state index contributed by atoms with van der Waals surface area (Å²) < 4.78 is 24.4. The Morgan fingerprint density at radius 3 is 2.55 bits per heavy atom. The smallest absolute Gasteiger partial charge is 0.408 e. The van der Waals surface area contributed by atoms with Crippen LogP contribution in [0.3, 0.4) is 0 Å². The summed E-state index contributed by atoms with van der Waals surface area (Å²) in [6, 6.07) is 3.18. The number of morpholine rings is 1. The Hall–Kier alpha value is -4.71. The minimum atomic E-state index is -1.43. The Kier molecular flexibility index (Phi) is 12.6. The van der Waals surface area contributed by atoms with E-state index >= 15 is 0 Å². The monoisotopic (exact) mass is 893 g/mol. The summed E-state index contributed by atoms with van der Waals surface area (Å²) in [5.74, 6) is -0.595. The van der Waals surface area contributed by atoms with Crippen molar-refractivity contribution in [3.63, 3.8) is 0 Å². The number of rotatable bonds is 16. The third-order valence-electron chi connectivity index (χ3n) is 12.9. The second-order valence-electron chi connectivity index (χ2n) is 17.9. The molecule has 18 heteroatoms. The molecule has 5 aliphatic rings. The molecule has 1 unspecified atom stereocenters. The van der Waals surface area contributed by atoms with E-state index in [2.05, 4.69) is 27.4 Å². The van der Waals surface area contributed by atoms with Crippen LogP contribution in [0.2, 0.25) is 5.02 Å². The summed E-state index contributed by atoms with van der Waals surface area (Å²) in [4.78, 5) is 67.7. The number of hydrogen-bond acceptors (Lipinski definition) is 13. The van der Waals surface area contributed by atoms with E-state index in [0.717, 1.165) is 25.8 Å². The van der Waals surface area contributed by atoms with E-state index in [1.165, 1.54) is 16.2 Å². The SMILES string of the molecule is C=C(C)[C@H](NC(=O)OC1C[C@@H]2C[C@@H]2C1)C(=O)N1C[C@H](Oc2cc(-c3csc(NC(C)C)n3)nc3c(Cl)c(OC[C@H]4COCCN4C)ccc23)C[C@H]1C(=O)N[C@]1(C(=O)O)C[C@H]1CC. The fourth-order valence-electron chi connectivity index (χ4n) is 9.12. The summed E-state index contributed by atoms with van der Waals surface area (Å²) in [5, 5.41) is 22.5. The van der Waals surface area contributed by atoms with Crippen LogP contribution in [0.25, 0.3) is 22.3 Å². The first kappa shape index (κ1) is 43.9. The molecule has 62 heavy (non-hydrogen) atoms. The third kappa shape index (κ3) is 9.17. The van der Waals surface area contributed by atoms with Gasteiger partial charge in [-0.15, -0.1) is 11.3 Å². The lowest BCUT2D eigenvalue weighted by molar-refractivity contribution is -0.145.